The summed E-state index contributed by atoms with van der Waals surface area (Å²) < 4.78 is 17.6. The maximum absolute atomic E-state index is 12.7. The number of thiazole rings is 1. The summed E-state index contributed by atoms with van der Waals surface area (Å²) in [5, 5.41) is 4.31. The van der Waals surface area contributed by atoms with E-state index in [1.807, 2.05) is 42.5 Å². The molecule has 0 spiro atoms. The van der Waals surface area contributed by atoms with E-state index in [2.05, 4.69) is 10.1 Å². The van der Waals surface area contributed by atoms with Crippen molar-refractivity contribution in [1.82, 2.24) is 14.6 Å². The highest BCUT2D eigenvalue weighted by Gasteiger charge is 2.10. The fourth-order valence-electron chi connectivity index (χ4n) is 2.90. The molecule has 0 N–H and O–H groups in total. The Hall–Kier alpha value is -3.65. The summed E-state index contributed by atoms with van der Waals surface area (Å²) in [5.41, 5.74) is 1.61. The van der Waals surface area contributed by atoms with Crippen LogP contribution in [-0.4, -0.2) is 35.9 Å². The van der Waals surface area contributed by atoms with Gasteiger partial charge in [0.05, 0.1) is 25.9 Å². The van der Waals surface area contributed by atoms with Gasteiger partial charge in [-0.2, -0.15) is 9.50 Å². The van der Waals surface area contributed by atoms with E-state index in [-0.39, 0.29) is 5.56 Å². The molecule has 152 valence electrons. The van der Waals surface area contributed by atoms with E-state index in [0.717, 1.165) is 16.9 Å². The van der Waals surface area contributed by atoms with Gasteiger partial charge >= 0.3 is 0 Å². The van der Waals surface area contributed by atoms with E-state index in [1.54, 1.807) is 39.5 Å². The van der Waals surface area contributed by atoms with Crippen molar-refractivity contribution in [3.63, 3.8) is 0 Å². The van der Waals surface area contributed by atoms with E-state index in [4.69, 9.17) is 14.2 Å². The van der Waals surface area contributed by atoms with Crippen molar-refractivity contribution in [1.29, 1.82) is 0 Å². The quantitative estimate of drug-likeness (QED) is 0.477. The number of nitrogens with zero attached hydrogens (tertiary/aromatic N) is 3. The van der Waals surface area contributed by atoms with Crippen molar-refractivity contribution in [2.45, 2.75) is 0 Å². The summed E-state index contributed by atoms with van der Waals surface area (Å²) >= 11 is 1.29. The first-order valence-corrected chi connectivity index (χ1v) is 9.88. The number of ether oxygens (including phenoxy) is 3. The SMILES string of the molecule is COc1ccc(/C=C/c2nc3s/c(=C\c4ccc(OC)c(OC)c4)c(=O)n3n2)cc1. The lowest BCUT2D eigenvalue weighted by atomic mass is 10.2. The molecule has 0 bridgehead atoms. The van der Waals surface area contributed by atoms with E-state index in [9.17, 15) is 4.79 Å². The Balaban J connectivity index is 1.63. The molecule has 0 aliphatic carbocycles. The molecule has 0 radical (unpaired) electrons. The van der Waals surface area contributed by atoms with Crippen molar-refractivity contribution in [2.75, 3.05) is 21.3 Å². The molecule has 0 aliphatic rings. The number of benzene rings is 2. The first-order valence-electron chi connectivity index (χ1n) is 9.06. The molecule has 30 heavy (non-hydrogen) atoms. The second kappa shape index (κ2) is 8.38. The summed E-state index contributed by atoms with van der Waals surface area (Å²) in [7, 11) is 4.78. The van der Waals surface area contributed by atoms with Crippen LogP contribution in [-0.2, 0) is 0 Å². The molecule has 2 aromatic carbocycles. The zero-order valence-electron chi connectivity index (χ0n) is 16.7. The van der Waals surface area contributed by atoms with Gasteiger partial charge in [0, 0.05) is 0 Å². The topological polar surface area (TPSA) is 75.0 Å². The molecule has 0 atom stereocenters. The van der Waals surface area contributed by atoms with Gasteiger partial charge in [0.2, 0.25) is 4.96 Å². The Morgan fingerprint density at radius 1 is 0.900 bits per heavy atom. The molecule has 0 saturated heterocycles. The zero-order chi connectivity index (χ0) is 21.1. The van der Waals surface area contributed by atoms with Gasteiger partial charge in [0.1, 0.15) is 5.75 Å². The highest BCUT2D eigenvalue weighted by molar-refractivity contribution is 7.15. The van der Waals surface area contributed by atoms with Crippen LogP contribution >= 0.6 is 11.3 Å². The van der Waals surface area contributed by atoms with Crippen LogP contribution in [0.3, 0.4) is 0 Å². The van der Waals surface area contributed by atoms with Gasteiger partial charge in [0.25, 0.3) is 5.56 Å². The zero-order valence-corrected chi connectivity index (χ0v) is 17.5. The second-order valence-corrected chi connectivity index (χ2v) is 7.31. The Labute approximate surface area is 176 Å². The van der Waals surface area contributed by atoms with E-state index >= 15 is 0 Å². The molecule has 7 nitrogen and oxygen atoms in total. The van der Waals surface area contributed by atoms with Gasteiger partial charge in [-0.05, 0) is 47.5 Å². The minimum absolute atomic E-state index is 0.207. The van der Waals surface area contributed by atoms with Gasteiger partial charge < -0.3 is 14.2 Å². The molecule has 4 aromatic rings. The lowest BCUT2D eigenvalue weighted by Gasteiger charge is -2.07. The van der Waals surface area contributed by atoms with Crippen LogP contribution in [0.2, 0.25) is 0 Å². The predicted octanol–water partition coefficient (Wildman–Crippen LogP) is 2.89. The van der Waals surface area contributed by atoms with Crippen molar-refractivity contribution in [3.05, 3.63) is 74.3 Å². The number of fused-ring (bicyclic) bond motifs is 1. The van der Waals surface area contributed by atoms with Gasteiger partial charge in [-0.3, -0.25) is 4.79 Å². The summed E-state index contributed by atoms with van der Waals surface area (Å²) in [6.45, 7) is 0. The van der Waals surface area contributed by atoms with Gasteiger partial charge in [-0.25, -0.2) is 0 Å². The Kier molecular flexibility index (Phi) is 5.49. The third-order valence-corrected chi connectivity index (χ3v) is 5.40. The number of rotatable bonds is 6. The number of methoxy groups -OCH3 is 3. The first kappa shape index (κ1) is 19.7. The maximum atomic E-state index is 12.7. The number of hydrogen-bond acceptors (Lipinski definition) is 7. The molecular weight excluding hydrogens is 402 g/mol. The van der Waals surface area contributed by atoms with E-state index in [0.29, 0.717) is 26.8 Å². The average molecular weight is 421 g/mol. The smallest absolute Gasteiger partial charge is 0.291 e. The van der Waals surface area contributed by atoms with Crippen molar-refractivity contribution >= 4 is 34.5 Å². The summed E-state index contributed by atoms with van der Waals surface area (Å²) in [4.78, 5) is 17.7. The minimum atomic E-state index is -0.207. The molecule has 8 heteroatoms. The highest BCUT2D eigenvalue weighted by Crippen LogP contribution is 2.27. The summed E-state index contributed by atoms with van der Waals surface area (Å²) in [6.07, 6.45) is 5.46. The van der Waals surface area contributed by atoms with Gasteiger partial charge in [0.15, 0.2) is 17.3 Å². The largest absolute Gasteiger partial charge is 0.497 e. The third-order valence-electron chi connectivity index (χ3n) is 4.44. The highest BCUT2D eigenvalue weighted by atomic mass is 32.1. The number of aromatic nitrogens is 3. The Morgan fingerprint density at radius 3 is 2.30 bits per heavy atom. The van der Waals surface area contributed by atoms with E-state index in [1.165, 1.54) is 15.9 Å². The molecule has 0 saturated carbocycles. The molecule has 2 heterocycles. The molecule has 4 rings (SSSR count). The van der Waals surface area contributed by atoms with Crippen LogP contribution in [0.4, 0.5) is 0 Å². The first-order chi connectivity index (χ1) is 14.6. The van der Waals surface area contributed by atoms with Crippen LogP contribution in [0.25, 0.3) is 23.2 Å². The van der Waals surface area contributed by atoms with Crippen LogP contribution in [0.5, 0.6) is 17.2 Å². The normalized spacial score (nSPS) is 12.0. The monoisotopic (exact) mass is 421 g/mol. The van der Waals surface area contributed by atoms with Crippen LogP contribution in [0.15, 0.2) is 47.3 Å². The molecular formula is C22H19N3O4S. The molecule has 0 amide bonds. The van der Waals surface area contributed by atoms with Crippen molar-refractivity contribution in [3.8, 4) is 17.2 Å². The lowest BCUT2D eigenvalue weighted by molar-refractivity contribution is 0.355. The number of hydrogen-bond donors (Lipinski definition) is 0. The fourth-order valence-corrected chi connectivity index (χ4v) is 3.81. The average Bonchev–Trinajstić information content (AvgIpc) is 3.31. The minimum Gasteiger partial charge on any atom is -0.497 e. The molecule has 0 unspecified atom stereocenters. The van der Waals surface area contributed by atoms with E-state index < -0.39 is 0 Å². The lowest BCUT2D eigenvalue weighted by Crippen LogP contribution is -2.23. The van der Waals surface area contributed by atoms with Gasteiger partial charge in [-0.15, -0.1) is 5.10 Å². The standard InChI is InChI=1S/C22H19N3O4S/c1-27-16-8-4-14(5-9-16)7-11-20-23-22-25(24-20)21(26)19(30-22)13-15-6-10-17(28-2)18(12-15)29-3/h4-13H,1-3H3/b11-7+,19-13-. The van der Waals surface area contributed by atoms with Gasteiger partial charge in [-0.1, -0.05) is 35.6 Å². The molecule has 2 aromatic heterocycles. The van der Waals surface area contributed by atoms with Crippen molar-refractivity contribution in [2.24, 2.45) is 0 Å². The summed E-state index contributed by atoms with van der Waals surface area (Å²) in [5.74, 6) is 2.51. The molecule has 0 aliphatic heterocycles. The maximum Gasteiger partial charge on any atom is 0.291 e. The Bertz CT molecular complexity index is 1320. The predicted molar refractivity (Wildman–Crippen MR) is 117 cm³/mol. The second-order valence-electron chi connectivity index (χ2n) is 6.30. The molecule has 0 fully saturated rings. The van der Waals surface area contributed by atoms with Crippen LogP contribution in [0.1, 0.15) is 17.0 Å². The van der Waals surface area contributed by atoms with Crippen LogP contribution in [0, 0.1) is 0 Å². The van der Waals surface area contributed by atoms with Crippen molar-refractivity contribution < 1.29 is 14.2 Å². The third kappa shape index (κ3) is 3.90. The fraction of sp³-hybridized carbons (Fsp3) is 0.136. The summed E-state index contributed by atoms with van der Waals surface area (Å²) in [6, 6.07) is 13.1. The Morgan fingerprint density at radius 2 is 1.63 bits per heavy atom. The van der Waals surface area contributed by atoms with Crippen LogP contribution < -0.4 is 24.3 Å².